The van der Waals surface area contributed by atoms with Crippen molar-refractivity contribution in [2.24, 2.45) is 0 Å². The Hall–Kier alpha value is -1.03. The molecule has 0 atom stereocenters. The fourth-order valence-electron chi connectivity index (χ4n) is 0.591. The minimum atomic E-state index is -0.525. The third-order valence-corrected chi connectivity index (χ3v) is 1.25. The summed E-state index contributed by atoms with van der Waals surface area (Å²) in [6.07, 6.45) is 0. The van der Waals surface area contributed by atoms with Gasteiger partial charge in [-0.2, -0.15) is 0 Å². The van der Waals surface area contributed by atoms with E-state index in [0.29, 0.717) is 5.69 Å². The maximum atomic E-state index is 10.5. The molecule has 0 fully saturated rings. The van der Waals surface area contributed by atoms with Gasteiger partial charge in [-0.15, -0.1) is 11.6 Å². The standard InChI is InChI=1S/C5H5ClN2O2.C2H6/c6-2-3-1-4(9)8-5(10)7-3;1-2/h1H,2H2,(H2,7,8,9,10);1-2H3. The highest BCUT2D eigenvalue weighted by Gasteiger charge is 1.91. The molecule has 2 N–H and O–H groups in total. The number of alkyl halides is 1. The van der Waals surface area contributed by atoms with E-state index in [-0.39, 0.29) is 5.88 Å². The highest BCUT2D eigenvalue weighted by Crippen LogP contribution is 1.89. The van der Waals surface area contributed by atoms with Crippen molar-refractivity contribution in [2.45, 2.75) is 19.7 Å². The molecule has 0 aromatic carbocycles. The van der Waals surface area contributed by atoms with Crippen LogP contribution < -0.4 is 11.2 Å². The lowest BCUT2D eigenvalue weighted by Crippen LogP contribution is -2.22. The van der Waals surface area contributed by atoms with Crippen molar-refractivity contribution in [3.8, 4) is 0 Å². The van der Waals surface area contributed by atoms with Gasteiger partial charge in [-0.25, -0.2) is 4.79 Å². The van der Waals surface area contributed by atoms with Crippen LogP contribution in [0.2, 0.25) is 0 Å². The Kier molecular flexibility index (Phi) is 5.12. The summed E-state index contributed by atoms with van der Waals surface area (Å²) < 4.78 is 0. The molecule has 0 radical (unpaired) electrons. The van der Waals surface area contributed by atoms with Crippen LogP contribution in [0, 0.1) is 0 Å². The zero-order valence-corrected chi connectivity index (χ0v) is 7.73. The van der Waals surface area contributed by atoms with Crippen molar-refractivity contribution in [1.29, 1.82) is 0 Å². The van der Waals surface area contributed by atoms with Crippen LogP contribution in [-0.2, 0) is 5.88 Å². The second-order valence-electron chi connectivity index (χ2n) is 1.75. The van der Waals surface area contributed by atoms with E-state index in [1.54, 1.807) is 0 Å². The molecule has 0 aliphatic carbocycles. The van der Waals surface area contributed by atoms with Gasteiger partial charge in [0.25, 0.3) is 5.56 Å². The maximum Gasteiger partial charge on any atom is 0.325 e. The molecule has 0 bridgehead atoms. The van der Waals surface area contributed by atoms with Crippen molar-refractivity contribution in [3.05, 3.63) is 32.6 Å². The lowest BCUT2D eigenvalue weighted by molar-refractivity contribution is 0.984. The van der Waals surface area contributed by atoms with Crippen LogP contribution in [0.5, 0.6) is 0 Å². The van der Waals surface area contributed by atoms with E-state index < -0.39 is 11.2 Å². The lowest BCUT2D eigenvalue weighted by Gasteiger charge is -1.89. The first kappa shape index (κ1) is 11.0. The highest BCUT2D eigenvalue weighted by molar-refractivity contribution is 6.16. The normalized spacial score (nSPS) is 8.58. The molecule has 1 rings (SSSR count). The SMILES string of the molecule is CC.O=c1cc(CCl)[nH]c(=O)[nH]1. The number of hydrogen-bond donors (Lipinski definition) is 2. The molecule has 0 aliphatic heterocycles. The van der Waals surface area contributed by atoms with E-state index in [1.165, 1.54) is 6.07 Å². The van der Waals surface area contributed by atoms with Crippen molar-refractivity contribution in [1.82, 2.24) is 9.97 Å². The smallest absolute Gasteiger partial charge is 0.310 e. The predicted molar refractivity (Wildman–Crippen MR) is 48.6 cm³/mol. The average Bonchev–Trinajstić information content (AvgIpc) is 2.06. The fourth-order valence-corrected chi connectivity index (χ4v) is 0.735. The van der Waals surface area contributed by atoms with Crippen LogP contribution in [-0.4, -0.2) is 9.97 Å². The van der Waals surface area contributed by atoms with E-state index in [1.807, 2.05) is 18.8 Å². The molecule has 5 heteroatoms. The molecule has 1 heterocycles. The minimum Gasteiger partial charge on any atom is -0.310 e. The first-order valence-corrected chi connectivity index (χ1v) is 4.14. The maximum absolute atomic E-state index is 10.5. The molecule has 0 spiro atoms. The highest BCUT2D eigenvalue weighted by atomic mass is 35.5. The third-order valence-electron chi connectivity index (χ3n) is 0.960. The van der Waals surface area contributed by atoms with E-state index >= 15 is 0 Å². The molecule has 1 aromatic rings. The molecule has 0 aliphatic rings. The number of rotatable bonds is 1. The monoisotopic (exact) mass is 190 g/mol. The molecule has 1 aromatic heterocycles. The van der Waals surface area contributed by atoms with Crippen molar-refractivity contribution in [2.75, 3.05) is 0 Å². The molecular weight excluding hydrogens is 180 g/mol. The van der Waals surface area contributed by atoms with Gasteiger partial charge in [0.05, 0.1) is 5.88 Å². The Morgan fingerprint density at radius 2 is 1.92 bits per heavy atom. The lowest BCUT2D eigenvalue weighted by atomic mass is 10.5. The summed E-state index contributed by atoms with van der Waals surface area (Å²) in [7, 11) is 0. The first-order chi connectivity index (χ1) is 5.72. The average molecular weight is 191 g/mol. The van der Waals surface area contributed by atoms with E-state index in [9.17, 15) is 9.59 Å². The largest absolute Gasteiger partial charge is 0.325 e. The predicted octanol–water partition coefficient (Wildman–Crippen LogP) is 0.828. The molecule has 12 heavy (non-hydrogen) atoms. The molecule has 0 saturated heterocycles. The van der Waals surface area contributed by atoms with E-state index in [0.717, 1.165) is 0 Å². The minimum absolute atomic E-state index is 0.138. The summed E-state index contributed by atoms with van der Waals surface area (Å²) in [5.41, 5.74) is -0.530. The van der Waals surface area contributed by atoms with Crippen LogP contribution in [0.3, 0.4) is 0 Å². The van der Waals surface area contributed by atoms with Gasteiger partial charge in [-0.05, 0) is 0 Å². The Morgan fingerprint density at radius 1 is 1.33 bits per heavy atom. The summed E-state index contributed by atoms with van der Waals surface area (Å²) in [4.78, 5) is 25.4. The molecular formula is C7H11ClN2O2. The van der Waals surface area contributed by atoms with Gasteiger partial charge in [0.1, 0.15) is 0 Å². The first-order valence-electron chi connectivity index (χ1n) is 3.61. The van der Waals surface area contributed by atoms with Crippen LogP contribution in [0.15, 0.2) is 15.7 Å². The molecule has 0 amide bonds. The summed E-state index contributed by atoms with van der Waals surface area (Å²) in [6, 6.07) is 1.24. The number of H-pyrrole nitrogens is 2. The second kappa shape index (κ2) is 5.60. The van der Waals surface area contributed by atoms with Crippen molar-refractivity contribution < 1.29 is 0 Å². The second-order valence-corrected chi connectivity index (χ2v) is 2.01. The van der Waals surface area contributed by atoms with E-state index in [2.05, 4.69) is 4.98 Å². The summed E-state index contributed by atoms with van der Waals surface area (Å²) in [5, 5.41) is 0. The Balaban J connectivity index is 0.000000561. The van der Waals surface area contributed by atoms with Gasteiger partial charge in [0.15, 0.2) is 0 Å². The number of nitrogens with one attached hydrogen (secondary N) is 2. The van der Waals surface area contributed by atoms with Crippen LogP contribution in [0.4, 0.5) is 0 Å². The third kappa shape index (κ3) is 3.39. The Morgan fingerprint density at radius 3 is 2.33 bits per heavy atom. The van der Waals surface area contributed by atoms with Crippen LogP contribution in [0.1, 0.15) is 19.5 Å². The summed E-state index contributed by atoms with van der Waals surface area (Å²) in [6.45, 7) is 4.00. The van der Waals surface area contributed by atoms with Gasteiger partial charge in [0.2, 0.25) is 0 Å². The van der Waals surface area contributed by atoms with Crippen molar-refractivity contribution in [3.63, 3.8) is 0 Å². The van der Waals surface area contributed by atoms with Gasteiger partial charge in [0, 0.05) is 11.8 Å². The number of aromatic nitrogens is 2. The molecule has 4 nitrogen and oxygen atoms in total. The molecule has 0 unspecified atom stereocenters. The quantitative estimate of drug-likeness (QED) is 0.645. The van der Waals surface area contributed by atoms with Crippen molar-refractivity contribution >= 4 is 11.6 Å². The zero-order chi connectivity index (χ0) is 9.56. The Bertz CT molecular complexity index is 300. The van der Waals surface area contributed by atoms with Crippen LogP contribution >= 0.6 is 11.6 Å². The van der Waals surface area contributed by atoms with E-state index in [4.69, 9.17) is 11.6 Å². The Labute approximate surface area is 74.6 Å². The van der Waals surface area contributed by atoms with Gasteiger partial charge >= 0.3 is 5.69 Å². The fraction of sp³-hybridized carbons (Fsp3) is 0.429. The van der Waals surface area contributed by atoms with Gasteiger partial charge in [-0.3, -0.25) is 9.78 Å². The topological polar surface area (TPSA) is 65.7 Å². The molecule has 0 saturated carbocycles. The number of halogens is 1. The van der Waals surface area contributed by atoms with Gasteiger partial charge < -0.3 is 4.98 Å². The summed E-state index contributed by atoms with van der Waals surface area (Å²) in [5.74, 6) is 0.138. The number of hydrogen-bond acceptors (Lipinski definition) is 2. The zero-order valence-electron chi connectivity index (χ0n) is 6.98. The number of aromatic amines is 2. The summed E-state index contributed by atoms with van der Waals surface area (Å²) >= 11 is 5.35. The molecule has 68 valence electrons. The van der Waals surface area contributed by atoms with Gasteiger partial charge in [-0.1, -0.05) is 13.8 Å². The van der Waals surface area contributed by atoms with Crippen LogP contribution in [0.25, 0.3) is 0 Å².